The first-order valence-corrected chi connectivity index (χ1v) is 10.00. The second-order valence-electron chi connectivity index (χ2n) is 6.87. The van der Waals surface area contributed by atoms with Crippen LogP contribution in [0.25, 0.3) is 10.8 Å². The number of nitrogens with zero attached hydrogens (tertiary/aromatic N) is 2. The fraction of sp³-hybridized carbons (Fsp3) is 0.238. The third-order valence-electron chi connectivity index (χ3n) is 4.66. The molecular weight excluding hydrogens is 390 g/mol. The highest BCUT2D eigenvalue weighted by molar-refractivity contribution is 7.17. The quantitative estimate of drug-likeness (QED) is 0.645. The summed E-state index contributed by atoms with van der Waals surface area (Å²) in [7, 11) is 0. The third-order valence-corrected chi connectivity index (χ3v) is 5.83. The molecule has 2 aromatic heterocycles. The average molecular weight is 409 g/mol. The lowest BCUT2D eigenvalue weighted by Crippen LogP contribution is -2.28. The zero-order valence-electron chi connectivity index (χ0n) is 16.0. The topological polar surface area (TPSA) is 92.5 Å². The van der Waals surface area contributed by atoms with Gasteiger partial charge in [-0.1, -0.05) is 12.1 Å². The number of thiazole rings is 1. The molecule has 7 nitrogen and oxygen atoms in total. The summed E-state index contributed by atoms with van der Waals surface area (Å²) in [4.78, 5) is 42.4. The molecule has 1 aliphatic rings. The average Bonchev–Trinajstić information content (AvgIpc) is 3.38. The Hall–Kier alpha value is -3.26. The summed E-state index contributed by atoms with van der Waals surface area (Å²) in [5.41, 5.74) is 2.09. The van der Waals surface area contributed by atoms with E-state index in [-0.39, 0.29) is 37.1 Å². The Labute approximate surface area is 171 Å². The van der Waals surface area contributed by atoms with Crippen LogP contribution >= 0.6 is 11.3 Å². The van der Waals surface area contributed by atoms with Crippen molar-refractivity contribution in [2.24, 2.45) is 0 Å². The number of carbonyl (C=O) groups is 3. The maximum Gasteiger partial charge on any atom is 0.267 e. The number of aromatic nitrogens is 1. The van der Waals surface area contributed by atoms with Gasteiger partial charge < -0.3 is 9.73 Å². The van der Waals surface area contributed by atoms with E-state index in [4.69, 9.17) is 4.42 Å². The lowest BCUT2D eigenvalue weighted by Gasteiger charge is -2.14. The Bertz CT molecular complexity index is 1080. The molecule has 3 heterocycles. The van der Waals surface area contributed by atoms with Gasteiger partial charge in [0, 0.05) is 18.5 Å². The zero-order valence-corrected chi connectivity index (χ0v) is 16.8. The van der Waals surface area contributed by atoms with Crippen molar-refractivity contribution in [1.29, 1.82) is 0 Å². The molecule has 1 N–H and O–H groups in total. The van der Waals surface area contributed by atoms with Gasteiger partial charge in [0.2, 0.25) is 11.8 Å². The molecule has 0 unspecified atom stereocenters. The lowest BCUT2D eigenvalue weighted by atomic mass is 10.2. The summed E-state index contributed by atoms with van der Waals surface area (Å²) in [5, 5.41) is 3.52. The highest BCUT2D eigenvalue weighted by Gasteiger charge is 2.28. The number of likely N-dealkylation sites (tertiary alicyclic amines) is 1. The molecule has 29 heavy (non-hydrogen) atoms. The summed E-state index contributed by atoms with van der Waals surface area (Å²) >= 11 is 1.28. The van der Waals surface area contributed by atoms with Crippen molar-refractivity contribution < 1.29 is 18.8 Å². The minimum absolute atomic E-state index is 0.143. The summed E-state index contributed by atoms with van der Waals surface area (Å²) in [6, 6.07) is 10.8. The Kier molecular flexibility index (Phi) is 5.02. The van der Waals surface area contributed by atoms with Crippen LogP contribution < -0.4 is 5.32 Å². The number of imide groups is 1. The van der Waals surface area contributed by atoms with E-state index in [1.165, 1.54) is 16.2 Å². The molecule has 4 rings (SSSR count). The van der Waals surface area contributed by atoms with Crippen LogP contribution in [0.4, 0.5) is 5.69 Å². The first kappa shape index (κ1) is 19.1. The molecule has 3 aromatic rings. The van der Waals surface area contributed by atoms with Crippen LogP contribution in [-0.2, 0) is 16.1 Å². The van der Waals surface area contributed by atoms with E-state index in [0.29, 0.717) is 27.0 Å². The van der Waals surface area contributed by atoms with Gasteiger partial charge in [0.05, 0.1) is 12.2 Å². The molecule has 148 valence electrons. The number of aryl methyl sites for hydroxylation is 2. The summed E-state index contributed by atoms with van der Waals surface area (Å²) in [5.74, 6) is 0.902. The van der Waals surface area contributed by atoms with Crippen molar-refractivity contribution in [2.75, 3.05) is 5.32 Å². The number of furan rings is 1. The van der Waals surface area contributed by atoms with Crippen LogP contribution in [0.2, 0.25) is 0 Å². The van der Waals surface area contributed by atoms with E-state index >= 15 is 0 Å². The Morgan fingerprint density at radius 1 is 1.10 bits per heavy atom. The van der Waals surface area contributed by atoms with Gasteiger partial charge in [-0.3, -0.25) is 19.3 Å². The smallest absolute Gasteiger partial charge is 0.267 e. The first-order valence-electron chi connectivity index (χ1n) is 9.18. The van der Waals surface area contributed by atoms with E-state index in [1.54, 1.807) is 31.2 Å². The fourth-order valence-corrected chi connectivity index (χ4v) is 4.05. The Balaban J connectivity index is 1.44. The maximum atomic E-state index is 12.7. The standard InChI is InChI=1S/C21H19N3O4S/c1-12-3-8-16(28-12)21-22-13(2)19(29-21)20(27)23-15-6-4-14(5-7-15)11-24-17(25)9-10-18(24)26/h3-8H,9-11H2,1-2H3,(H,23,27). The SMILES string of the molecule is Cc1ccc(-c2nc(C)c(C(=O)Nc3ccc(CN4C(=O)CCC4=O)cc3)s2)o1. The van der Waals surface area contributed by atoms with E-state index in [1.807, 2.05) is 19.1 Å². The molecule has 3 amide bonds. The van der Waals surface area contributed by atoms with Crippen LogP contribution in [0.3, 0.4) is 0 Å². The van der Waals surface area contributed by atoms with Gasteiger partial charge in [-0.2, -0.15) is 0 Å². The van der Waals surface area contributed by atoms with E-state index in [2.05, 4.69) is 10.3 Å². The fourth-order valence-electron chi connectivity index (χ4n) is 3.13. The summed E-state index contributed by atoms with van der Waals surface area (Å²) in [6.07, 6.45) is 0.557. The second kappa shape index (κ2) is 7.63. The molecule has 0 radical (unpaired) electrons. The van der Waals surface area contributed by atoms with E-state index < -0.39 is 0 Å². The number of carbonyl (C=O) groups excluding carboxylic acids is 3. The molecule has 0 aliphatic carbocycles. The number of nitrogens with one attached hydrogen (secondary N) is 1. The number of rotatable bonds is 5. The molecule has 0 saturated carbocycles. The van der Waals surface area contributed by atoms with Crippen LogP contribution in [-0.4, -0.2) is 27.6 Å². The summed E-state index contributed by atoms with van der Waals surface area (Å²) < 4.78 is 5.58. The van der Waals surface area contributed by atoms with Gasteiger partial charge in [-0.25, -0.2) is 4.98 Å². The van der Waals surface area contributed by atoms with Crippen molar-refractivity contribution in [3.8, 4) is 10.8 Å². The third kappa shape index (κ3) is 3.97. The molecule has 1 saturated heterocycles. The molecular formula is C21H19N3O4S. The first-order chi connectivity index (χ1) is 13.9. The zero-order chi connectivity index (χ0) is 20.5. The van der Waals surface area contributed by atoms with Crippen LogP contribution in [0, 0.1) is 13.8 Å². The number of hydrogen-bond donors (Lipinski definition) is 1. The van der Waals surface area contributed by atoms with E-state index in [0.717, 1.165) is 11.3 Å². The van der Waals surface area contributed by atoms with Crippen molar-refractivity contribution in [2.45, 2.75) is 33.2 Å². The monoisotopic (exact) mass is 409 g/mol. The number of anilines is 1. The molecule has 1 aliphatic heterocycles. The molecule has 1 fully saturated rings. The molecule has 1 aromatic carbocycles. The van der Waals surface area contributed by atoms with Crippen molar-refractivity contribution in [3.05, 3.63) is 58.3 Å². The maximum absolute atomic E-state index is 12.7. The highest BCUT2D eigenvalue weighted by atomic mass is 32.1. The largest absolute Gasteiger partial charge is 0.459 e. The van der Waals surface area contributed by atoms with Crippen LogP contribution in [0.15, 0.2) is 40.8 Å². The number of benzene rings is 1. The Morgan fingerprint density at radius 2 is 1.79 bits per heavy atom. The lowest BCUT2D eigenvalue weighted by molar-refractivity contribution is -0.139. The second-order valence-corrected chi connectivity index (χ2v) is 7.87. The van der Waals surface area contributed by atoms with Crippen molar-refractivity contribution >= 4 is 34.7 Å². The molecule has 8 heteroatoms. The van der Waals surface area contributed by atoms with Gasteiger partial charge in [0.25, 0.3) is 5.91 Å². The van der Waals surface area contributed by atoms with Gasteiger partial charge in [0.15, 0.2) is 10.8 Å². The summed E-state index contributed by atoms with van der Waals surface area (Å²) in [6.45, 7) is 3.90. The van der Waals surface area contributed by atoms with Crippen LogP contribution in [0.1, 0.15) is 39.5 Å². The Morgan fingerprint density at radius 3 is 2.41 bits per heavy atom. The molecule has 0 bridgehead atoms. The van der Waals surface area contributed by atoms with Crippen molar-refractivity contribution in [3.63, 3.8) is 0 Å². The minimum Gasteiger partial charge on any atom is -0.459 e. The van der Waals surface area contributed by atoms with Gasteiger partial charge >= 0.3 is 0 Å². The molecule has 0 spiro atoms. The predicted molar refractivity (Wildman–Crippen MR) is 108 cm³/mol. The van der Waals surface area contributed by atoms with Crippen LogP contribution in [0.5, 0.6) is 0 Å². The number of amides is 3. The van der Waals surface area contributed by atoms with Gasteiger partial charge in [-0.15, -0.1) is 11.3 Å². The van der Waals surface area contributed by atoms with Crippen molar-refractivity contribution in [1.82, 2.24) is 9.88 Å². The predicted octanol–water partition coefficient (Wildman–Crippen LogP) is 3.92. The molecule has 0 atom stereocenters. The minimum atomic E-state index is -0.243. The van der Waals surface area contributed by atoms with E-state index in [9.17, 15) is 14.4 Å². The van der Waals surface area contributed by atoms with Gasteiger partial charge in [-0.05, 0) is 43.7 Å². The van der Waals surface area contributed by atoms with Gasteiger partial charge in [0.1, 0.15) is 10.6 Å². The normalized spacial score (nSPS) is 13.9. The highest BCUT2D eigenvalue weighted by Crippen LogP contribution is 2.30. The number of hydrogen-bond acceptors (Lipinski definition) is 6.